The second-order valence-electron chi connectivity index (χ2n) is 2.86. The van der Waals surface area contributed by atoms with Crippen LogP contribution in [0.1, 0.15) is 13.3 Å². The number of nitrogens with one attached hydrogen (secondary N) is 1. The molecule has 2 nitrogen and oxygen atoms in total. The summed E-state index contributed by atoms with van der Waals surface area (Å²) in [5.74, 6) is 0.675. The molecule has 0 amide bonds. The van der Waals surface area contributed by atoms with E-state index in [9.17, 15) is 0 Å². The number of likely N-dealkylation sites (N-methyl/N-ethyl adjacent to an activating group) is 1. The minimum absolute atomic E-state index is 0.675. The van der Waals surface area contributed by atoms with Crippen LogP contribution >= 0.6 is 0 Å². The van der Waals surface area contributed by atoms with Crippen LogP contribution in [0.15, 0.2) is 12.2 Å². The summed E-state index contributed by atoms with van der Waals surface area (Å²) < 4.78 is 5.24. The molecule has 0 aromatic rings. The van der Waals surface area contributed by atoms with Crippen molar-refractivity contribution in [2.24, 2.45) is 5.92 Å². The van der Waals surface area contributed by atoms with Crippen LogP contribution in [0.25, 0.3) is 0 Å². The molecular formula is C9H17NO. The quantitative estimate of drug-likeness (QED) is 0.486. The molecule has 0 saturated carbocycles. The van der Waals surface area contributed by atoms with Crippen LogP contribution in [0.3, 0.4) is 0 Å². The monoisotopic (exact) mass is 155 g/mol. The van der Waals surface area contributed by atoms with Crippen molar-refractivity contribution in [3.8, 4) is 0 Å². The van der Waals surface area contributed by atoms with Gasteiger partial charge in [0.2, 0.25) is 0 Å². The average Bonchev–Trinajstić information content (AvgIpc) is 2.50. The van der Waals surface area contributed by atoms with Gasteiger partial charge in [-0.2, -0.15) is 0 Å². The molecule has 1 N–H and O–H groups in total. The van der Waals surface area contributed by atoms with Gasteiger partial charge in [-0.25, -0.2) is 0 Å². The van der Waals surface area contributed by atoms with Gasteiger partial charge in [0.15, 0.2) is 0 Å². The first kappa shape index (κ1) is 8.75. The first-order valence-electron chi connectivity index (χ1n) is 4.38. The van der Waals surface area contributed by atoms with Gasteiger partial charge < -0.3 is 10.1 Å². The molecule has 0 spiro atoms. The third-order valence-electron chi connectivity index (χ3n) is 1.89. The number of rotatable bonds is 4. The van der Waals surface area contributed by atoms with Gasteiger partial charge in [0.1, 0.15) is 0 Å². The third-order valence-corrected chi connectivity index (χ3v) is 1.89. The van der Waals surface area contributed by atoms with Gasteiger partial charge in [-0.1, -0.05) is 19.1 Å². The van der Waals surface area contributed by atoms with Crippen LogP contribution in [0.2, 0.25) is 0 Å². The summed E-state index contributed by atoms with van der Waals surface area (Å²) in [6, 6.07) is 0. The van der Waals surface area contributed by atoms with Gasteiger partial charge in [-0.05, 0) is 13.0 Å². The molecule has 0 bridgehead atoms. The summed E-state index contributed by atoms with van der Waals surface area (Å²) >= 11 is 0. The lowest BCUT2D eigenvalue weighted by atomic mass is 10.1. The molecule has 0 aromatic heterocycles. The second kappa shape index (κ2) is 5.33. The van der Waals surface area contributed by atoms with Crippen molar-refractivity contribution in [3.63, 3.8) is 0 Å². The van der Waals surface area contributed by atoms with Crippen molar-refractivity contribution < 1.29 is 4.74 Å². The fourth-order valence-electron chi connectivity index (χ4n) is 1.19. The Bertz CT molecular complexity index is 117. The summed E-state index contributed by atoms with van der Waals surface area (Å²) in [7, 11) is 0. The molecule has 1 fully saturated rings. The smallest absolute Gasteiger partial charge is 0.0529 e. The van der Waals surface area contributed by atoms with Crippen LogP contribution in [-0.2, 0) is 4.74 Å². The second-order valence-corrected chi connectivity index (χ2v) is 2.86. The molecule has 0 radical (unpaired) electrons. The highest BCUT2D eigenvalue weighted by molar-refractivity contribution is 4.91. The van der Waals surface area contributed by atoms with Gasteiger partial charge in [0.05, 0.1) is 6.61 Å². The van der Waals surface area contributed by atoms with Gasteiger partial charge in [0, 0.05) is 19.1 Å². The Kier molecular flexibility index (Phi) is 4.24. The van der Waals surface area contributed by atoms with Crippen LogP contribution in [0, 0.1) is 5.92 Å². The summed E-state index contributed by atoms with van der Waals surface area (Å²) in [6.45, 7) is 6.02. The van der Waals surface area contributed by atoms with E-state index in [1.807, 2.05) is 0 Å². The highest BCUT2D eigenvalue weighted by Crippen LogP contribution is 2.12. The SMILES string of the molecule is CCNCC=CC1CCOC1. The zero-order valence-electron chi connectivity index (χ0n) is 7.18. The van der Waals surface area contributed by atoms with E-state index < -0.39 is 0 Å². The van der Waals surface area contributed by atoms with Crippen LogP contribution in [-0.4, -0.2) is 26.3 Å². The molecule has 0 aliphatic carbocycles. The summed E-state index contributed by atoms with van der Waals surface area (Å²) in [5, 5.41) is 3.24. The van der Waals surface area contributed by atoms with E-state index >= 15 is 0 Å². The Hall–Kier alpha value is -0.340. The van der Waals surface area contributed by atoms with Crippen molar-refractivity contribution in [1.29, 1.82) is 0 Å². The molecule has 0 aromatic carbocycles. The highest BCUT2D eigenvalue weighted by Gasteiger charge is 2.10. The lowest BCUT2D eigenvalue weighted by molar-refractivity contribution is 0.191. The maximum atomic E-state index is 5.24. The molecular weight excluding hydrogens is 138 g/mol. The Balaban J connectivity index is 2.03. The summed E-state index contributed by atoms with van der Waals surface area (Å²) in [5.41, 5.74) is 0. The predicted octanol–water partition coefficient (Wildman–Crippen LogP) is 1.19. The van der Waals surface area contributed by atoms with Gasteiger partial charge in [-0.3, -0.25) is 0 Å². The van der Waals surface area contributed by atoms with Crippen molar-refractivity contribution in [3.05, 3.63) is 12.2 Å². The van der Waals surface area contributed by atoms with Crippen molar-refractivity contribution >= 4 is 0 Å². The third kappa shape index (κ3) is 3.54. The zero-order chi connectivity index (χ0) is 7.94. The fourth-order valence-corrected chi connectivity index (χ4v) is 1.19. The highest BCUT2D eigenvalue weighted by atomic mass is 16.5. The number of hydrogen-bond acceptors (Lipinski definition) is 2. The van der Waals surface area contributed by atoms with E-state index in [2.05, 4.69) is 24.4 Å². The normalized spacial score (nSPS) is 25.0. The Labute approximate surface area is 68.6 Å². The Morgan fingerprint density at radius 3 is 3.18 bits per heavy atom. The molecule has 1 saturated heterocycles. The number of hydrogen-bond donors (Lipinski definition) is 1. The maximum absolute atomic E-state index is 5.24. The molecule has 1 rings (SSSR count). The lowest BCUT2D eigenvalue weighted by Crippen LogP contribution is -2.12. The minimum atomic E-state index is 0.675. The molecule has 11 heavy (non-hydrogen) atoms. The fraction of sp³-hybridized carbons (Fsp3) is 0.778. The Morgan fingerprint density at radius 2 is 2.55 bits per heavy atom. The molecule has 1 heterocycles. The largest absolute Gasteiger partial charge is 0.381 e. The van der Waals surface area contributed by atoms with Crippen molar-refractivity contribution in [1.82, 2.24) is 5.32 Å². The van der Waals surface area contributed by atoms with Gasteiger partial charge in [-0.15, -0.1) is 0 Å². The van der Waals surface area contributed by atoms with E-state index in [4.69, 9.17) is 4.74 Å². The minimum Gasteiger partial charge on any atom is -0.381 e. The summed E-state index contributed by atoms with van der Waals surface area (Å²) in [4.78, 5) is 0. The van der Waals surface area contributed by atoms with E-state index in [1.165, 1.54) is 6.42 Å². The molecule has 1 unspecified atom stereocenters. The van der Waals surface area contributed by atoms with E-state index in [-0.39, 0.29) is 0 Å². The van der Waals surface area contributed by atoms with Gasteiger partial charge in [0.25, 0.3) is 0 Å². The zero-order valence-corrected chi connectivity index (χ0v) is 7.18. The molecule has 64 valence electrons. The van der Waals surface area contributed by atoms with Gasteiger partial charge >= 0.3 is 0 Å². The maximum Gasteiger partial charge on any atom is 0.0529 e. The van der Waals surface area contributed by atoms with Crippen LogP contribution in [0.5, 0.6) is 0 Å². The molecule has 1 aliphatic heterocycles. The molecule has 2 heteroatoms. The standard InChI is InChI=1S/C9H17NO/c1-2-10-6-3-4-9-5-7-11-8-9/h3-4,9-10H,2,5-8H2,1H3. The summed E-state index contributed by atoms with van der Waals surface area (Å²) in [6.07, 6.45) is 5.65. The first-order chi connectivity index (χ1) is 5.43. The predicted molar refractivity (Wildman–Crippen MR) is 46.6 cm³/mol. The number of ether oxygens (including phenoxy) is 1. The van der Waals surface area contributed by atoms with E-state index in [0.29, 0.717) is 5.92 Å². The van der Waals surface area contributed by atoms with E-state index in [0.717, 1.165) is 26.3 Å². The Morgan fingerprint density at radius 1 is 1.64 bits per heavy atom. The van der Waals surface area contributed by atoms with Crippen molar-refractivity contribution in [2.75, 3.05) is 26.3 Å². The van der Waals surface area contributed by atoms with E-state index in [1.54, 1.807) is 0 Å². The average molecular weight is 155 g/mol. The van der Waals surface area contributed by atoms with Crippen molar-refractivity contribution in [2.45, 2.75) is 13.3 Å². The molecule has 1 atom stereocenters. The lowest BCUT2D eigenvalue weighted by Gasteiger charge is -1.98. The van der Waals surface area contributed by atoms with Crippen LogP contribution in [0.4, 0.5) is 0 Å². The topological polar surface area (TPSA) is 21.3 Å². The van der Waals surface area contributed by atoms with Crippen LogP contribution < -0.4 is 5.32 Å². The first-order valence-corrected chi connectivity index (χ1v) is 4.38. The molecule has 1 aliphatic rings.